The van der Waals surface area contributed by atoms with E-state index in [2.05, 4.69) is 137 Å². The predicted molar refractivity (Wildman–Crippen MR) is 197 cm³/mol. The van der Waals surface area contributed by atoms with Gasteiger partial charge in [0, 0.05) is 27.2 Å². The number of pyridine rings is 1. The zero-order chi connectivity index (χ0) is 31.6. The van der Waals surface area contributed by atoms with Gasteiger partial charge >= 0.3 is 0 Å². The lowest BCUT2D eigenvalue weighted by atomic mass is 10.0. The third kappa shape index (κ3) is 4.08. The zero-order valence-corrected chi connectivity index (χ0v) is 25.8. The second-order valence-electron chi connectivity index (χ2n) is 12.1. The van der Waals surface area contributed by atoms with Gasteiger partial charge in [-0.15, -0.1) is 0 Å². The summed E-state index contributed by atoms with van der Waals surface area (Å²) < 4.78 is 4.68. The highest BCUT2D eigenvalue weighted by Gasteiger charge is 2.20. The Hall–Kier alpha value is -6.59. The van der Waals surface area contributed by atoms with E-state index in [1.54, 1.807) is 0 Å². The Kier molecular flexibility index (Phi) is 5.81. The van der Waals surface area contributed by atoms with Crippen LogP contribution in [0.25, 0.3) is 88.7 Å². The van der Waals surface area contributed by atoms with Crippen molar-refractivity contribution in [1.29, 1.82) is 0 Å². The Morgan fingerprint density at radius 3 is 1.69 bits per heavy atom. The smallest absolute Gasteiger partial charge is 0.138 e. The van der Waals surface area contributed by atoms with E-state index in [-0.39, 0.29) is 0 Å². The Morgan fingerprint density at radius 2 is 0.958 bits per heavy atom. The van der Waals surface area contributed by atoms with Crippen molar-refractivity contribution in [3.63, 3.8) is 0 Å². The van der Waals surface area contributed by atoms with Crippen LogP contribution >= 0.6 is 0 Å². The monoisotopic (exact) mass is 613 g/mol. The number of aromatic nitrogens is 5. The van der Waals surface area contributed by atoms with E-state index >= 15 is 0 Å². The summed E-state index contributed by atoms with van der Waals surface area (Å²) in [5.41, 5.74) is 11.1. The molecule has 0 saturated carbocycles. The van der Waals surface area contributed by atoms with E-state index in [0.717, 1.165) is 56.1 Å². The van der Waals surface area contributed by atoms with Crippen LogP contribution in [0.5, 0.6) is 0 Å². The van der Waals surface area contributed by atoms with Crippen LogP contribution in [0.15, 0.2) is 164 Å². The molecule has 0 bridgehead atoms. The molecule has 6 aromatic carbocycles. The molecule has 4 heterocycles. The lowest BCUT2D eigenvalue weighted by molar-refractivity contribution is 1.08. The van der Waals surface area contributed by atoms with Crippen LogP contribution in [-0.4, -0.2) is 24.1 Å². The number of hydrogen-bond acceptors (Lipinski definition) is 3. The van der Waals surface area contributed by atoms with Crippen LogP contribution in [0, 0.1) is 0 Å². The first-order chi connectivity index (χ1) is 23.8. The minimum absolute atomic E-state index is 0.738. The molecule has 5 nitrogen and oxygen atoms in total. The summed E-state index contributed by atoms with van der Waals surface area (Å²) in [5.74, 6) is 0.832. The first-order valence-electron chi connectivity index (χ1n) is 16.1. The number of benzene rings is 6. The minimum Gasteiger partial charge on any atom is -0.309 e. The molecule has 0 aliphatic heterocycles. The highest BCUT2D eigenvalue weighted by molar-refractivity contribution is 6.19. The molecule has 0 aliphatic rings. The summed E-state index contributed by atoms with van der Waals surface area (Å²) in [4.78, 5) is 15.1. The maximum absolute atomic E-state index is 5.33. The third-order valence-electron chi connectivity index (χ3n) is 9.34. The van der Waals surface area contributed by atoms with Crippen LogP contribution in [-0.2, 0) is 0 Å². The average Bonchev–Trinajstić information content (AvgIpc) is 3.66. The second kappa shape index (κ2) is 10.5. The second-order valence-corrected chi connectivity index (χ2v) is 12.1. The summed E-state index contributed by atoms with van der Waals surface area (Å²) >= 11 is 0. The standard InChI is InChI=1S/C43H27N5/c1-3-13-28(14-4-1)29-23-37(38-27-44-35-19-9-10-20-36(35)45-38)46-43(24-29)48-40-22-12-8-18-32(40)34-25-41-33(26-42(34)48)31-17-7-11-21-39(31)47(41)30-15-5-2-6-16-30/h1-27H. The SMILES string of the molecule is c1ccc(-c2cc(-c3cnc4ccccc4n3)nc(-n3c4ccccc4c4cc5c(cc43)c3ccccc3n5-c3ccccc3)c2)cc1. The quantitative estimate of drug-likeness (QED) is 0.198. The van der Waals surface area contributed by atoms with E-state index in [4.69, 9.17) is 15.0 Å². The van der Waals surface area contributed by atoms with Crippen LogP contribution in [0.1, 0.15) is 0 Å². The molecule has 10 rings (SSSR count). The number of rotatable bonds is 4. The molecule has 0 aliphatic carbocycles. The van der Waals surface area contributed by atoms with Crippen LogP contribution in [0.2, 0.25) is 0 Å². The largest absolute Gasteiger partial charge is 0.309 e. The van der Waals surface area contributed by atoms with Gasteiger partial charge in [-0.05, 0) is 71.8 Å². The molecule has 0 unspecified atom stereocenters. The Bertz CT molecular complexity index is 2830. The van der Waals surface area contributed by atoms with Gasteiger partial charge in [0.05, 0.1) is 45.0 Å². The van der Waals surface area contributed by atoms with Crippen molar-refractivity contribution in [3.05, 3.63) is 164 Å². The Morgan fingerprint density at radius 1 is 0.375 bits per heavy atom. The van der Waals surface area contributed by atoms with Gasteiger partial charge in [-0.2, -0.15) is 0 Å². The normalized spacial score (nSPS) is 11.8. The van der Waals surface area contributed by atoms with Gasteiger partial charge < -0.3 is 4.57 Å². The molecule has 0 N–H and O–H groups in total. The molecule has 0 saturated heterocycles. The lowest BCUT2D eigenvalue weighted by Gasteiger charge is -2.13. The van der Waals surface area contributed by atoms with Crippen molar-refractivity contribution < 1.29 is 0 Å². The fourth-order valence-corrected chi connectivity index (χ4v) is 7.17. The van der Waals surface area contributed by atoms with Crippen LogP contribution in [0.3, 0.4) is 0 Å². The first kappa shape index (κ1) is 26.6. The van der Waals surface area contributed by atoms with E-state index in [1.807, 2.05) is 36.5 Å². The molecule has 0 radical (unpaired) electrons. The maximum atomic E-state index is 5.33. The Labute approximate surface area is 276 Å². The highest BCUT2D eigenvalue weighted by Crippen LogP contribution is 2.40. The lowest BCUT2D eigenvalue weighted by Crippen LogP contribution is -2.01. The summed E-state index contributed by atoms with van der Waals surface area (Å²) in [6, 6.07) is 55.4. The predicted octanol–water partition coefficient (Wildman–Crippen LogP) is 10.6. The molecular weight excluding hydrogens is 587 g/mol. The maximum Gasteiger partial charge on any atom is 0.138 e. The van der Waals surface area contributed by atoms with E-state index in [1.165, 1.54) is 32.6 Å². The number of para-hydroxylation sites is 5. The third-order valence-corrected chi connectivity index (χ3v) is 9.34. The average molecular weight is 614 g/mol. The van der Waals surface area contributed by atoms with Crippen molar-refractivity contribution in [3.8, 4) is 34.0 Å². The zero-order valence-electron chi connectivity index (χ0n) is 25.8. The number of fused-ring (bicyclic) bond motifs is 7. The molecule has 10 aromatic rings. The van der Waals surface area contributed by atoms with Gasteiger partial charge in [0.25, 0.3) is 0 Å². The van der Waals surface area contributed by atoms with Gasteiger partial charge in [0.1, 0.15) is 11.5 Å². The van der Waals surface area contributed by atoms with Crippen LogP contribution in [0.4, 0.5) is 0 Å². The van der Waals surface area contributed by atoms with Crippen molar-refractivity contribution >= 4 is 54.6 Å². The summed E-state index contributed by atoms with van der Waals surface area (Å²) in [6.45, 7) is 0. The van der Waals surface area contributed by atoms with E-state index < -0.39 is 0 Å². The number of nitrogens with zero attached hydrogens (tertiary/aromatic N) is 5. The first-order valence-corrected chi connectivity index (χ1v) is 16.1. The molecule has 0 atom stereocenters. The summed E-state index contributed by atoms with van der Waals surface area (Å²) in [7, 11) is 0. The number of hydrogen-bond donors (Lipinski definition) is 0. The van der Waals surface area contributed by atoms with Gasteiger partial charge in [0.2, 0.25) is 0 Å². The molecule has 0 amide bonds. The van der Waals surface area contributed by atoms with E-state index in [0.29, 0.717) is 0 Å². The molecule has 4 aromatic heterocycles. The van der Waals surface area contributed by atoms with Crippen molar-refractivity contribution in [2.45, 2.75) is 0 Å². The fraction of sp³-hybridized carbons (Fsp3) is 0. The molecule has 224 valence electrons. The van der Waals surface area contributed by atoms with Crippen molar-refractivity contribution in [2.75, 3.05) is 0 Å². The highest BCUT2D eigenvalue weighted by atomic mass is 15.1. The fourth-order valence-electron chi connectivity index (χ4n) is 7.17. The molecule has 48 heavy (non-hydrogen) atoms. The van der Waals surface area contributed by atoms with Gasteiger partial charge in [0.15, 0.2) is 0 Å². The Balaban J connectivity index is 1.30. The summed E-state index contributed by atoms with van der Waals surface area (Å²) in [5, 5.41) is 4.77. The van der Waals surface area contributed by atoms with Gasteiger partial charge in [-0.25, -0.2) is 9.97 Å². The topological polar surface area (TPSA) is 48.5 Å². The molecule has 5 heteroatoms. The van der Waals surface area contributed by atoms with Crippen molar-refractivity contribution in [2.24, 2.45) is 0 Å². The van der Waals surface area contributed by atoms with E-state index in [9.17, 15) is 0 Å². The minimum atomic E-state index is 0.738. The van der Waals surface area contributed by atoms with Crippen molar-refractivity contribution in [1.82, 2.24) is 24.1 Å². The van der Waals surface area contributed by atoms with Gasteiger partial charge in [-0.1, -0.05) is 97.1 Å². The molecular formula is C43H27N5. The van der Waals surface area contributed by atoms with Gasteiger partial charge in [-0.3, -0.25) is 9.55 Å². The van der Waals surface area contributed by atoms with Crippen LogP contribution < -0.4 is 0 Å². The molecule has 0 fully saturated rings. The summed E-state index contributed by atoms with van der Waals surface area (Å²) in [6.07, 6.45) is 1.83. The molecule has 0 spiro atoms.